The Bertz CT molecular complexity index is 723. The van der Waals surface area contributed by atoms with Crippen LogP contribution in [0, 0.1) is 6.92 Å². The van der Waals surface area contributed by atoms with Crippen molar-refractivity contribution < 1.29 is 18.8 Å². The highest BCUT2D eigenvalue weighted by molar-refractivity contribution is 5.96. The van der Waals surface area contributed by atoms with Crippen LogP contribution in [0.4, 0.5) is 0 Å². The van der Waals surface area contributed by atoms with Crippen molar-refractivity contribution in [3.05, 3.63) is 47.1 Å². The maximum Gasteiger partial charge on any atom is 0.337 e. The number of amides is 1. The summed E-state index contributed by atoms with van der Waals surface area (Å²) in [5.41, 5.74) is 0.926. The summed E-state index contributed by atoms with van der Waals surface area (Å²) in [5, 5.41) is 3.79. The Balaban J connectivity index is 1.80. The zero-order valence-corrected chi connectivity index (χ0v) is 13.0. The number of carbonyl (C=O) groups excluding carboxylic acids is 2. The molecule has 1 saturated heterocycles. The van der Waals surface area contributed by atoms with Gasteiger partial charge in [0.25, 0.3) is 5.91 Å². The third-order valence-electron chi connectivity index (χ3n) is 3.89. The number of aryl methyl sites for hydroxylation is 1. The van der Waals surface area contributed by atoms with Crippen LogP contribution >= 0.6 is 0 Å². The lowest BCUT2D eigenvalue weighted by Gasteiger charge is -2.22. The molecule has 1 aromatic carbocycles. The number of aromatic nitrogens is 2. The van der Waals surface area contributed by atoms with Crippen molar-refractivity contribution in [3.8, 4) is 0 Å². The number of nitrogens with zero attached hydrogens (tertiary/aromatic N) is 3. The van der Waals surface area contributed by atoms with Crippen molar-refractivity contribution >= 4 is 11.9 Å². The van der Waals surface area contributed by atoms with E-state index in [4.69, 9.17) is 4.52 Å². The summed E-state index contributed by atoms with van der Waals surface area (Å²) in [6.07, 6.45) is 1.69. The first-order valence-corrected chi connectivity index (χ1v) is 7.39. The van der Waals surface area contributed by atoms with Crippen LogP contribution < -0.4 is 0 Å². The van der Waals surface area contributed by atoms with Gasteiger partial charge in [-0.1, -0.05) is 5.16 Å². The fourth-order valence-electron chi connectivity index (χ4n) is 2.75. The second-order valence-electron chi connectivity index (χ2n) is 5.41. The van der Waals surface area contributed by atoms with E-state index >= 15 is 0 Å². The number of ether oxygens (including phenoxy) is 1. The Labute approximate surface area is 133 Å². The fraction of sp³-hybridized carbons (Fsp3) is 0.375. The summed E-state index contributed by atoms with van der Waals surface area (Å²) in [5.74, 6) is 0.491. The SMILES string of the molecule is COC(=O)c1ccc(C(=O)N2CCCC2c2nc(C)no2)cc1. The standard InChI is InChI=1S/C16H17N3O4/c1-10-17-14(23-18-10)13-4-3-9-19(13)15(20)11-5-7-12(8-6-11)16(21)22-2/h5-8,13H,3-4,9H2,1-2H3. The van der Waals surface area contributed by atoms with E-state index in [0.29, 0.717) is 29.4 Å². The van der Waals surface area contributed by atoms with Gasteiger partial charge >= 0.3 is 5.97 Å². The van der Waals surface area contributed by atoms with Crippen LogP contribution in [0.2, 0.25) is 0 Å². The first-order chi connectivity index (χ1) is 11.1. The minimum absolute atomic E-state index is 0.111. The van der Waals surface area contributed by atoms with E-state index in [2.05, 4.69) is 14.9 Å². The number of esters is 1. The van der Waals surface area contributed by atoms with Gasteiger partial charge < -0.3 is 14.2 Å². The molecule has 1 atom stereocenters. The van der Waals surface area contributed by atoms with Gasteiger partial charge in [0.15, 0.2) is 5.82 Å². The van der Waals surface area contributed by atoms with Crippen LogP contribution in [0.15, 0.2) is 28.8 Å². The number of benzene rings is 1. The third kappa shape index (κ3) is 2.94. The summed E-state index contributed by atoms with van der Waals surface area (Å²) in [4.78, 5) is 30.1. The van der Waals surface area contributed by atoms with Gasteiger partial charge in [0.1, 0.15) is 6.04 Å². The first kappa shape index (κ1) is 15.2. The number of methoxy groups -OCH3 is 1. The predicted octanol–water partition coefficient (Wildman–Crippen LogP) is 2.14. The highest BCUT2D eigenvalue weighted by atomic mass is 16.5. The minimum Gasteiger partial charge on any atom is -0.465 e. The van der Waals surface area contributed by atoms with E-state index in [0.717, 1.165) is 12.8 Å². The van der Waals surface area contributed by atoms with Crippen LogP contribution in [-0.4, -0.2) is 40.6 Å². The molecule has 1 fully saturated rings. The second-order valence-corrected chi connectivity index (χ2v) is 5.41. The summed E-state index contributed by atoms with van der Waals surface area (Å²) in [7, 11) is 1.32. The van der Waals surface area contributed by atoms with Crippen molar-refractivity contribution in [2.24, 2.45) is 0 Å². The van der Waals surface area contributed by atoms with Crippen molar-refractivity contribution in [1.82, 2.24) is 15.0 Å². The van der Waals surface area contributed by atoms with Gasteiger partial charge in [-0.05, 0) is 44.0 Å². The molecule has 1 unspecified atom stereocenters. The number of hydrogen-bond acceptors (Lipinski definition) is 6. The zero-order valence-electron chi connectivity index (χ0n) is 13.0. The average molecular weight is 315 g/mol. The molecule has 0 bridgehead atoms. The smallest absolute Gasteiger partial charge is 0.337 e. The van der Waals surface area contributed by atoms with E-state index in [1.807, 2.05) is 0 Å². The van der Waals surface area contributed by atoms with Gasteiger partial charge in [-0.15, -0.1) is 0 Å². The quantitative estimate of drug-likeness (QED) is 0.807. The Kier molecular flexibility index (Phi) is 4.10. The molecular formula is C16H17N3O4. The van der Waals surface area contributed by atoms with Crippen LogP contribution in [-0.2, 0) is 4.74 Å². The normalized spacial score (nSPS) is 17.3. The number of rotatable bonds is 3. The molecule has 120 valence electrons. The maximum absolute atomic E-state index is 12.7. The lowest BCUT2D eigenvalue weighted by atomic mass is 10.1. The van der Waals surface area contributed by atoms with Gasteiger partial charge in [-0.3, -0.25) is 4.79 Å². The van der Waals surface area contributed by atoms with Gasteiger partial charge in [0.05, 0.1) is 12.7 Å². The molecule has 2 heterocycles. The van der Waals surface area contributed by atoms with E-state index in [1.165, 1.54) is 7.11 Å². The highest BCUT2D eigenvalue weighted by Gasteiger charge is 2.34. The molecule has 1 aromatic heterocycles. The van der Waals surface area contributed by atoms with E-state index in [-0.39, 0.29) is 11.9 Å². The molecule has 2 aromatic rings. The number of likely N-dealkylation sites (tertiary alicyclic amines) is 1. The van der Waals surface area contributed by atoms with Crippen LogP contribution in [0.3, 0.4) is 0 Å². The Morgan fingerprint density at radius 3 is 2.57 bits per heavy atom. The topological polar surface area (TPSA) is 85.5 Å². The van der Waals surface area contributed by atoms with E-state index in [1.54, 1.807) is 36.1 Å². The highest BCUT2D eigenvalue weighted by Crippen LogP contribution is 2.32. The largest absolute Gasteiger partial charge is 0.465 e. The second kappa shape index (κ2) is 6.20. The minimum atomic E-state index is -0.426. The summed E-state index contributed by atoms with van der Waals surface area (Å²) in [6, 6.07) is 6.23. The van der Waals surface area contributed by atoms with Crippen LogP contribution in [0.5, 0.6) is 0 Å². The Morgan fingerprint density at radius 2 is 1.96 bits per heavy atom. The molecule has 1 aliphatic heterocycles. The molecule has 0 N–H and O–H groups in total. The average Bonchev–Trinajstić information content (AvgIpc) is 3.22. The zero-order chi connectivity index (χ0) is 16.4. The summed E-state index contributed by atoms with van der Waals surface area (Å²) >= 11 is 0. The molecule has 0 radical (unpaired) electrons. The van der Waals surface area contributed by atoms with Crippen LogP contribution in [0.1, 0.15) is 51.3 Å². The first-order valence-electron chi connectivity index (χ1n) is 7.39. The van der Waals surface area contributed by atoms with Crippen molar-refractivity contribution in [2.45, 2.75) is 25.8 Å². The van der Waals surface area contributed by atoms with Gasteiger partial charge in [-0.25, -0.2) is 4.79 Å². The molecule has 23 heavy (non-hydrogen) atoms. The van der Waals surface area contributed by atoms with Crippen molar-refractivity contribution in [3.63, 3.8) is 0 Å². The molecule has 0 aliphatic carbocycles. The van der Waals surface area contributed by atoms with Crippen molar-refractivity contribution in [2.75, 3.05) is 13.7 Å². The van der Waals surface area contributed by atoms with Crippen LogP contribution in [0.25, 0.3) is 0 Å². The lowest BCUT2D eigenvalue weighted by molar-refractivity contribution is 0.0599. The monoisotopic (exact) mass is 315 g/mol. The summed E-state index contributed by atoms with van der Waals surface area (Å²) in [6.45, 7) is 2.39. The molecule has 3 rings (SSSR count). The number of carbonyl (C=O) groups is 2. The summed E-state index contributed by atoms with van der Waals surface area (Å²) < 4.78 is 9.87. The molecule has 0 spiro atoms. The molecule has 1 amide bonds. The molecule has 7 heteroatoms. The Morgan fingerprint density at radius 1 is 1.26 bits per heavy atom. The van der Waals surface area contributed by atoms with Gasteiger partial charge in [-0.2, -0.15) is 4.98 Å². The predicted molar refractivity (Wildman–Crippen MR) is 79.8 cm³/mol. The fourth-order valence-corrected chi connectivity index (χ4v) is 2.75. The molecule has 7 nitrogen and oxygen atoms in total. The number of hydrogen-bond donors (Lipinski definition) is 0. The van der Waals surface area contributed by atoms with Gasteiger partial charge in [0.2, 0.25) is 5.89 Å². The molecule has 0 saturated carbocycles. The van der Waals surface area contributed by atoms with E-state index < -0.39 is 5.97 Å². The van der Waals surface area contributed by atoms with E-state index in [9.17, 15) is 9.59 Å². The lowest BCUT2D eigenvalue weighted by Crippen LogP contribution is -2.30. The van der Waals surface area contributed by atoms with Gasteiger partial charge in [0, 0.05) is 12.1 Å². The molecule has 1 aliphatic rings. The molecular weight excluding hydrogens is 298 g/mol. The maximum atomic E-state index is 12.7. The van der Waals surface area contributed by atoms with Crippen molar-refractivity contribution in [1.29, 1.82) is 0 Å². The third-order valence-corrected chi connectivity index (χ3v) is 3.89. The Hall–Kier alpha value is -2.70.